The number of ether oxygens (including phenoxy) is 1. The van der Waals surface area contributed by atoms with Gasteiger partial charge in [0.2, 0.25) is 10.0 Å². The first-order valence-electron chi connectivity index (χ1n) is 10.9. The Morgan fingerprint density at radius 2 is 1.94 bits per heavy atom. The predicted octanol–water partition coefficient (Wildman–Crippen LogP) is 2.25. The number of pyridine rings is 1. The Kier molecular flexibility index (Phi) is 10.0. The molecule has 192 valence electrons. The van der Waals surface area contributed by atoms with E-state index in [1.807, 2.05) is 0 Å². The van der Waals surface area contributed by atoms with Crippen LogP contribution in [0.3, 0.4) is 0 Å². The minimum absolute atomic E-state index is 0.0179. The SMILES string of the molecule is CCN(CCO)S(=O)(=O)c1ccc(C(=NOCc2ccccn2)C(=O)Nc2ncc(COC)s2)cc1. The van der Waals surface area contributed by atoms with E-state index in [-0.39, 0.29) is 36.9 Å². The molecule has 0 aliphatic rings. The molecule has 0 aliphatic carbocycles. The summed E-state index contributed by atoms with van der Waals surface area (Å²) in [6.07, 6.45) is 3.22. The number of hydrogen-bond donors (Lipinski definition) is 2. The number of nitrogens with zero attached hydrogens (tertiary/aromatic N) is 4. The fourth-order valence-electron chi connectivity index (χ4n) is 3.10. The van der Waals surface area contributed by atoms with Gasteiger partial charge in [0.05, 0.1) is 28.7 Å². The number of amides is 1. The predicted molar refractivity (Wildman–Crippen MR) is 135 cm³/mol. The molecule has 13 heteroatoms. The standard InChI is InChI=1S/C23H27N5O6S2/c1-3-28(12-13-29)36(31,32)20-9-7-17(8-10-20)21(27-34-15-18-6-4-5-11-24-18)22(30)26-23-25-14-19(35-23)16-33-2/h4-11,14,29H,3,12-13,15-16H2,1-2H3,(H,25,26,30). The van der Waals surface area contributed by atoms with E-state index in [9.17, 15) is 18.3 Å². The molecule has 36 heavy (non-hydrogen) atoms. The van der Waals surface area contributed by atoms with Crippen LogP contribution >= 0.6 is 11.3 Å². The zero-order chi connectivity index (χ0) is 26.0. The molecule has 3 aromatic rings. The van der Waals surface area contributed by atoms with Crippen molar-refractivity contribution in [2.45, 2.75) is 25.0 Å². The highest BCUT2D eigenvalue weighted by molar-refractivity contribution is 7.89. The fourth-order valence-corrected chi connectivity index (χ4v) is 5.32. The second kappa shape index (κ2) is 13.2. The van der Waals surface area contributed by atoms with Crippen LogP contribution in [0, 0.1) is 0 Å². The molecule has 1 amide bonds. The zero-order valence-corrected chi connectivity index (χ0v) is 21.5. The minimum atomic E-state index is -3.81. The van der Waals surface area contributed by atoms with Gasteiger partial charge in [0.25, 0.3) is 5.91 Å². The monoisotopic (exact) mass is 533 g/mol. The number of oxime groups is 1. The van der Waals surface area contributed by atoms with E-state index in [0.29, 0.717) is 23.0 Å². The third kappa shape index (κ3) is 7.15. The molecule has 3 rings (SSSR count). The maximum Gasteiger partial charge on any atom is 0.280 e. The van der Waals surface area contributed by atoms with Crippen molar-refractivity contribution in [1.82, 2.24) is 14.3 Å². The van der Waals surface area contributed by atoms with Crippen molar-refractivity contribution in [1.29, 1.82) is 0 Å². The Labute approximate surface area is 213 Å². The van der Waals surface area contributed by atoms with Gasteiger partial charge in [0.15, 0.2) is 17.5 Å². The molecule has 0 radical (unpaired) electrons. The topological polar surface area (TPSA) is 143 Å². The molecule has 1 aromatic carbocycles. The summed E-state index contributed by atoms with van der Waals surface area (Å²) in [5.41, 5.74) is 0.891. The van der Waals surface area contributed by atoms with Gasteiger partial charge in [-0.05, 0) is 24.3 Å². The van der Waals surface area contributed by atoms with Crippen molar-refractivity contribution in [3.63, 3.8) is 0 Å². The van der Waals surface area contributed by atoms with Gasteiger partial charge in [0, 0.05) is 38.2 Å². The van der Waals surface area contributed by atoms with Crippen LogP contribution in [0.5, 0.6) is 0 Å². The third-order valence-electron chi connectivity index (χ3n) is 4.84. The number of rotatable bonds is 13. The molecule has 0 bridgehead atoms. The first-order valence-corrected chi connectivity index (χ1v) is 13.2. The van der Waals surface area contributed by atoms with Crippen LogP contribution < -0.4 is 5.32 Å². The van der Waals surface area contributed by atoms with E-state index in [4.69, 9.17) is 9.57 Å². The Morgan fingerprint density at radius 1 is 1.17 bits per heavy atom. The molecule has 2 aromatic heterocycles. The lowest BCUT2D eigenvalue weighted by Crippen LogP contribution is -2.33. The van der Waals surface area contributed by atoms with Crippen LogP contribution in [0.15, 0.2) is 64.9 Å². The summed E-state index contributed by atoms with van der Waals surface area (Å²) in [4.78, 5) is 27.7. The summed E-state index contributed by atoms with van der Waals surface area (Å²) in [7, 11) is -2.24. The van der Waals surface area contributed by atoms with Crippen molar-refractivity contribution in [3.8, 4) is 0 Å². The first-order chi connectivity index (χ1) is 17.4. The van der Waals surface area contributed by atoms with Gasteiger partial charge in [0.1, 0.15) is 0 Å². The van der Waals surface area contributed by atoms with Crippen molar-refractivity contribution >= 4 is 38.1 Å². The van der Waals surface area contributed by atoms with Gasteiger partial charge < -0.3 is 14.7 Å². The molecule has 0 unspecified atom stereocenters. The van der Waals surface area contributed by atoms with E-state index in [2.05, 4.69) is 20.4 Å². The van der Waals surface area contributed by atoms with Crippen LogP contribution in [-0.2, 0) is 37.6 Å². The molecular formula is C23H27N5O6S2. The summed E-state index contributed by atoms with van der Waals surface area (Å²) in [5, 5.41) is 16.2. The molecule has 11 nitrogen and oxygen atoms in total. The van der Waals surface area contributed by atoms with Gasteiger partial charge in [-0.25, -0.2) is 13.4 Å². The molecule has 0 atom stereocenters. The molecule has 0 saturated heterocycles. The van der Waals surface area contributed by atoms with E-state index < -0.39 is 15.9 Å². The highest BCUT2D eigenvalue weighted by Crippen LogP contribution is 2.20. The van der Waals surface area contributed by atoms with E-state index in [1.165, 1.54) is 39.9 Å². The van der Waals surface area contributed by atoms with Crippen molar-refractivity contribution in [3.05, 3.63) is 71.0 Å². The number of likely N-dealkylation sites (N-methyl/N-ethyl adjacent to an activating group) is 1. The van der Waals surface area contributed by atoms with Crippen molar-refractivity contribution in [2.24, 2.45) is 5.16 Å². The Bertz CT molecular complexity index is 1260. The second-order valence-corrected chi connectivity index (χ2v) is 10.4. The third-order valence-corrected chi connectivity index (χ3v) is 7.71. The molecular weight excluding hydrogens is 506 g/mol. The summed E-state index contributed by atoms with van der Waals surface area (Å²) in [6.45, 7) is 1.98. The number of methoxy groups -OCH3 is 1. The van der Waals surface area contributed by atoms with E-state index in [1.54, 1.807) is 44.6 Å². The largest absolute Gasteiger partial charge is 0.395 e. The molecule has 0 saturated carbocycles. The van der Waals surface area contributed by atoms with Gasteiger partial charge >= 0.3 is 0 Å². The van der Waals surface area contributed by atoms with Crippen LogP contribution in [0.4, 0.5) is 5.13 Å². The van der Waals surface area contributed by atoms with Gasteiger partial charge in [-0.2, -0.15) is 4.31 Å². The molecule has 0 fully saturated rings. The van der Waals surface area contributed by atoms with Crippen molar-refractivity contribution in [2.75, 3.05) is 32.1 Å². The van der Waals surface area contributed by atoms with E-state index in [0.717, 1.165) is 4.88 Å². The van der Waals surface area contributed by atoms with Crippen molar-refractivity contribution < 1.29 is 27.9 Å². The summed E-state index contributed by atoms with van der Waals surface area (Å²) in [6, 6.07) is 11.0. The molecule has 0 spiro atoms. The normalized spacial score (nSPS) is 12.1. The maximum absolute atomic E-state index is 13.1. The number of nitrogens with one attached hydrogen (secondary N) is 1. The Morgan fingerprint density at radius 3 is 2.58 bits per heavy atom. The number of carbonyl (C=O) groups is 1. The number of thiazole rings is 1. The second-order valence-electron chi connectivity index (χ2n) is 7.30. The van der Waals surface area contributed by atoms with Crippen LogP contribution in [0.25, 0.3) is 0 Å². The number of aliphatic hydroxyl groups excluding tert-OH is 1. The number of hydrogen-bond acceptors (Lipinski definition) is 10. The highest BCUT2D eigenvalue weighted by atomic mass is 32.2. The molecule has 2 N–H and O–H groups in total. The summed E-state index contributed by atoms with van der Waals surface area (Å²) < 4.78 is 31.9. The summed E-state index contributed by atoms with van der Waals surface area (Å²) in [5.74, 6) is -0.583. The van der Waals surface area contributed by atoms with Crippen LogP contribution in [0.1, 0.15) is 23.1 Å². The Hall–Kier alpha value is -3.23. The molecule has 0 aliphatic heterocycles. The number of anilines is 1. The zero-order valence-electron chi connectivity index (χ0n) is 19.8. The maximum atomic E-state index is 13.1. The van der Waals surface area contributed by atoms with Crippen LogP contribution in [0.2, 0.25) is 0 Å². The lowest BCUT2D eigenvalue weighted by molar-refractivity contribution is -0.110. The number of benzene rings is 1. The average Bonchev–Trinajstić information content (AvgIpc) is 3.32. The summed E-state index contributed by atoms with van der Waals surface area (Å²) >= 11 is 1.26. The quantitative estimate of drug-likeness (QED) is 0.252. The van der Waals surface area contributed by atoms with E-state index >= 15 is 0 Å². The fraction of sp³-hybridized carbons (Fsp3) is 0.304. The minimum Gasteiger partial charge on any atom is -0.395 e. The number of aromatic nitrogens is 2. The van der Waals surface area contributed by atoms with Crippen LogP contribution in [-0.4, -0.2) is 66.2 Å². The van der Waals surface area contributed by atoms with Gasteiger partial charge in [-0.1, -0.05) is 41.6 Å². The lowest BCUT2D eigenvalue weighted by Gasteiger charge is -2.19. The first kappa shape index (κ1) is 27.4. The van der Waals surface area contributed by atoms with Gasteiger partial charge in [-0.3, -0.25) is 15.1 Å². The lowest BCUT2D eigenvalue weighted by atomic mass is 10.1. The smallest absolute Gasteiger partial charge is 0.280 e. The Balaban J connectivity index is 1.86. The van der Waals surface area contributed by atoms with Gasteiger partial charge in [-0.15, -0.1) is 0 Å². The number of sulfonamides is 1. The number of aliphatic hydroxyl groups is 1. The average molecular weight is 534 g/mol. The highest BCUT2D eigenvalue weighted by Gasteiger charge is 2.24. The molecule has 2 heterocycles. The number of carbonyl (C=O) groups excluding carboxylic acids is 1.